The molecule has 1 saturated heterocycles. The van der Waals surface area contributed by atoms with Crippen LogP contribution in [0.15, 0.2) is 16.6 Å². The summed E-state index contributed by atoms with van der Waals surface area (Å²) in [6.45, 7) is 1.36. The van der Waals surface area contributed by atoms with Gasteiger partial charge in [0.2, 0.25) is 5.72 Å². The molecule has 0 amide bonds. The van der Waals surface area contributed by atoms with E-state index in [4.69, 9.17) is 29.4 Å². The number of benzene rings is 1. The van der Waals surface area contributed by atoms with Gasteiger partial charge in [-0.3, -0.25) is 5.73 Å². The van der Waals surface area contributed by atoms with Crippen molar-refractivity contribution in [2.75, 3.05) is 21.3 Å². The number of esters is 2. The average Bonchev–Trinajstić information content (AvgIpc) is 2.50. The van der Waals surface area contributed by atoms with Crippen LogP contribution in [0.3, 0.4) is 0 Å². The molecule has 0 bridgehead atoms. The normalized spacial score (nSPS) is 27.2. The molecule has 0 radical (unpaired) electrons. The second-order valence-corrected chi connectivity index (χ2v) is 5.75. The summed E-state index contributed by atoms with van der Waals surface area (Å²) < 4.78 is 26.7. The van der Waals surface area contributed by atoms with Crippen molar-refractivity contribution in [2.45, 2.75) is 18.4 Å². The Morgan fingerprint density at radius 3 is 2.13 bits per heavy atom. The standard InChI is InChI=1S/C14H16BrNO7/c1-13(16)14(21-4,23-12(18)11(17)22-13)7-5-10(20-3)8(15)6-9(7)19-2/h5-6H,16H2,1-4H3/t13-,14-/m0/s1. The number of nitrogens with two attached hydrogens (primary N) is 1. The third-order valence-electron chi connectivity index (χ3n) is 3.48. The number of methoxy groups -OCH3 is 3. The molecule has 0 aromatic heterocycles. The second kappa shape index (κ2) is 5.99. The highest BCUT2D eigenvalue weighted by Crippen LogP contribution is 2.46. The average molecular weight is 390 g/mol. The number of hydrogen-bond donors (Lipinski definition) is 1. The van der Waals surface area contributed by atoms with Crippen LogP contribution < -0.4 is 15.2 Å². The summed E-state index contributed by atoms with van der Waals surface area (Å²) in [5, 5.41) is 0. The van der Waals surface area contributed by atoms with E-state index in [1.54, 1.807) is 6.07 Å². The van der Waals surface area contributed by atoms with Crippen molar-refractivity contribution in [1.29, 1.82) is 0 Å². The van der Waals surface area contributed by atoms with Crippen molar-refractivity contribution >= 4 is 27.9 Å². The van der Waals surface area contributed by atoms with E-state index in [1.165, 1.54) is 34.3 Å². The number of rotatable bonds is 4. The first-order chi connectivity index (χ1) is 10.7. The van der Waals surface area contributed by atoms with E-state index in [-0.39, 0.29) is 5.56 Å². The molecule has 1 heterocycles. The maximum absolute atomic E-state index is 11.7. The lowest BCUT2D eigenvalue weighted by molar-refractivity contribution is -0.322. The first-order valence-corrected chi connectivity index (χ1v) is 7.24. The summed E-state index contributed by atoms with van der Waals surface area (Å²) in [4.78, 5) is 23.2. The predicted octanol–water partition coefficient (Wildman–Crippen LogP) is 1.04. The van der Waals surface area contributed by atoms with Gasteiger partial charge in [-0.25, -0.2) is 9.59 Å². The van der Waals surface area contributed by atoms with Crippen molar-refractivity contribution in [3.63, 3.8) is 0 Å². The monoisotopic (exact) mass is 389 g/mol. The predicted molar refractivity (Wildman–Crippen MR) is 80.7 cm³/mol. The van der Waals surface area contributed by atoms with Gasteiger partial charge in [-0.05, 0) is 35.0 Å². The van der Waals surface area contributed by atoms with Gasteiger partial charge < -0.3 is 23.7 Å². The van der Waals surface area contributed by atoms with Crippen molar-refractivity contribution < 1.29 is 33.3 Å². The lowest BCUT2D eigenvalue weighted by atomic mass is 9.93. The van der Waals surface area contributed by atoms with Gasteiger partial charge in [-0.2, -0.15) is 0 Å². The fourth-order valence-corrected chi connectivity index (χ4v) is 2.85. The number of halogens is 1. The molecular weight excluding hydrogens is 374 g/mol. The molecule has 0 saturated carbocycles. The van der Waals surface area contributed by atoms with E-state index in [2.05, 4.69) is 15.9 Å². The molecule has 0 unspecified atom stereocenters. The minimum Gasteiger partial charge on any atom is -0.496 e. The Hall–Kier alpha value is -1.84. The van der Waals surface area contributed by atoms with Crippen LogP contribution in [0.1, 0.15) is 12.5 Å². The van der Waals surface area contributed by atoms with E-state index in [9.17, 15) is 9.59 Å². The van der Waals surface area contributed by atoms with Crippen LogP contribution in [0.4, 0.5) is 0 Å². The zero-order valence-corrected chi connectivity index (χ0v) is 14.6. The number of ether oxygens (including phenoxy) is 5. The fraction of sp³-hybridized carbons (Fsp3) is 0.429. The van der Waals surface area contributed by atoms with E-state index >= 15 is 0 Å². The SMILES string of the molecule is COc1cc([C@]2(OC)OC(=O)C(=O)O[C@]2(C)N)c(OC)cc1Br. The molecule has 8 nitrogen and oxygen atoms in total. The summed E-state index contributed by atoms with van der Waals surface area (Å²) >= 11 is 3.33. The smallest absolute Gasteiger partial charge is 0.420 e. The molecule has 2 atom stereocenters. The highest BCUT2D eigenvalue weighted by Gasteiger charge is 2.61. The maximum Gasteiger partial charge on any atom is 0.420 e. The molecule has 1 aliphatic rings. The number of cyclic esters (lactones) is 2. The molecule has 2 N–H and O–H groups in total. The summed E-state index contributed by atoms with van der Waals surface area (Å²) in [7, 11) is 4.15. The lowest BCUT2D eigenvalue weighted by Gasteiger charge is -2.45. The van der Waals surface area contributed by atoms with E-state index in [0.29, 0.717) is 16.0 Å². The van der Waals surface area contributed by atoms with Crippen LogP contribution in [0.2, 0.25) is 0 Å². The van der Waals surface area contributed by atoms with Gasteiger partial charge in [0, 0.05) is 7.11 Å². The molecule has 2 rings (SSSR count). The van der Waals surface area contributed by atoms with Gasteiger partial charge in [0.15, 0.2) is 0 Å². The maximum atomic E-state index is 11.7. The number of hydrogen-bond acceptors (Lipinski definition) is 8. The van der Waals surface area contributed by atoms with Crippen molar-refractivity contribution in [1.82, 2.24) is 0 Å². The van der Waals surface area contributed by atoms with Crippen molar-refractivity contribution in [3.8, 4) is 11.5 Å². The molecule has 0 aliphatic carbocycles. The van der Waals surface area contributed by atoms with Gasteiger partial charge in [0.1, 0.15) is 11.5 Å². The van der Waals surface area contributed by atoms with E-state index in [0.717, 1.165) is 0 Å². The van der Waals surface area contributed by atoms with E-state index in [1.807, 2.05) is 0 Å². The molecule has 126 valence electrons. The van der Waals surface area contributed by atoms with Gasteiger partial charge in [0.25, 0.3) is 5.79 Å². The molecule has 23 heavy (non-hydrogen) atoms. The molecule has 1 fully saturated rings. The van der Waals surface area contributed by atoms with Gasteiger partial charge in [-0.1, -0.05) is 0 Å². The van der Waals surface area contributed by atoms with Crippen molar-refractivity contribution in [3.05, 3.63) is 22.2 Å². The zero-order chi connectivity index (χ0) is 17.4. The van der Waals surface area contributed by atoms with Crippen LogP contribution in [0.5, 0.6) is 11.5 Å². The largest absolute Gasteiger partial charge is 0.496 e. The molecule has 0 spiro atoms. The Kier molecular flexibility index (Phi) is 4.56. The highest BCUT2D eigenvalue weighted by atomic mass is 79.9. The van der Waals surface area contributed by atoms with Crippen LogP contribution in [0, 0.1) is 0 Å². The first-order valence-electron chi connectivity index (χ1n) is 6.44. The Balaban J connectivity index is 2.73. The molecule has 1 aliphatic heterocycles. The summed E-state index contributed by atoms with van der Waals surface area (Å²) in [5.74, 6) is -3.62. The third-order valence-corrected chi connectivity index (χ3v) is 4.10. The Morgan fingerprint density at radius 2 is 1.61 bits per heavy atom. The molecule has 1 aromatic carbocycles. The fourth-order valence-electron chi connectivity index (χ4n) is 2.37. The molecule has 9 heteroatoms. The summed E-state index contributed by atoms with van der Waals surface area (Å²) in [5.41, 5.74) is 4.49. The topological polar surface area (TPSA) is 106 Å². The highest BCUT2D eigenvalue weighted by molar-refractivity contribution is 9.10. The number of carbonyl (C=O) groups is 2. The summed E-state index contributed by atoms with van der Waals surface area (Å²) in [6.07, 6.45) is 0. The van der Waals surface area contributed by atoms with Gasteiger partial charge in [-0.15, -0.1) is 0 Å². The minimum atomic E-state index is -1.91. The quantitative estimate of drug-likeness (QED) is 0.601. The minimum absolute atomic E-state index is 0.230. The van der Waals surface area contributed by atoms with Crippen LogP contribution in [0.25, 0.3) is 0 Å². The second-order valence-electron chi connectivity index (χ2n) is 4.89. The Morgan fingerprint density at radius 1 is 1.04 bits per heavy atom. The van der Waals surface area contributed by atoms with E-state index < -0.39 is 23.5 Å². The lowest BCUT2D eigenvalue weighted by Crippen LogP contribution is -2.66. The van der Waals surface area contributed by atoms with Gasteiger partial charge in [0.05, 0.1) is 24.3 Å². The van der Waals surface area contributed by atoms with Crippen LogP contribution >= 0.6 is 15.9 Å². The van der Waals surface area contributed by atoms with Crippen molar-refractivity contribution in [2.24, 2.45) is 5.73 Å². The van der Waals surface area contributed by atoms with Crippen LogP contribution in [-0.2, 0) is 29.6 Å². The zero-order valence-electron chi connectivity index (χ0n) is 13.0. The third kappa shape index (κ3) is 2.64. The Bertz CT molecular complexity index is 661. The molecule has 1 aromatic rings. The van der Waals surface area contributed by atoms with Crippen LogP contribution in [-0.4, -0.2) is 39.0 Å². The first kappa shape index (κ1) is 17.5. The molecular formula is C14H16BrNO7. The summed E-state index contributed by atoms with van der Waals surface area (Å²) in [6, 6.07) is 3.11. The van der Waals surface area contributed by atoms with Gasteiger partial charge >= 0.3 is 11.9 Å². The number of carbonyl (C=O) groups excluding carboxylic acids is 2. The Labute approximate surface area is 140 Å².